The highest BCUT2D eigenvalue weighted by Gasteiger charge is 2.30. The van der Waals surface area contributed by atoms with Gasteiger partial charge in [0.25, 0.3) is 0 Å². The number of methoxy groups -OCH3 is 1. The highest BCUT2D eigenvalue weighted by molar-refractivity contribution is 5.83. The maximum Gasteiger partial charge on any atom is 0.242 e. The molecule has 2 aromatic rings. The SMILES string of the molecule is COc1cc(C(C)NC(=O)C(c2ccccc2)N2CCN(C)CC2)ccc1OCC(C)C. The second kappa shape index (κ2) is 11.3. The molecular formula is C26H37N3O3. The summed E-state index contributed by atoms with van der Waals surface area (Å²) >= 11 is 0. The monoisotopic (exact) mass is 439 g/mol. The number of nitrogens with zero attached hydrogens (tertiary/aromatic N) is 2. The van der Waals surface area contributed by atoms with Gasteiger partial charge in [-0.2, -0.15) is 0 Å². The fraction of sp³-hybridized carbons (Fsp3) is 0.500. The zero-order chi connectivity index (χ0) is 23.1. The average Bonchev–Trinajstić information content (AvgIpc) is 2.79. The standard InChI is InChI=1S/C26H37N3O3/c1-19(2)18-32-23-12-11-22(17-24(23)31-5)20(3)27-26(30)25(21-9-7-6-8-10-21)29-15-13-28(4)14-16-29/h6-12,17,19-20,25H,13-16,18H2,1-5H3,(H,27,30). The minimum atomic E-state index is -0.303. The lowest BCUT2D eigenvalue weighted by molar-refractivity contribution is -0.128. The van der Waals surface area contributed by atoms with Crippen LogP contribution in [0.4, 0.5) is 0 Å². The van der Waals surface area contributed by atoms with Gasteiger partial charge in [-0.25, -0.2) is 0 Å². The van der Waals surface area contributed by atoms with Crippen LogP contribution >= 0.6 is 0 Å². The number of benzene rings is 2. The lowest BCUT2D eigenvalue weighted by Gasteiger charge is -2.37. The molecule has 0 aromatic heterocycles. The minimum absolute atomic E-state index is 0.0207. The van der Waals surface area contributed by atoms with Crippen LogP contribution in [0.5, 0.6) is 11.5 Å². The lowest BCUT2D eigenvalue weighted by atomic mass is 10.0. The molecule has 0 radical (unpaired) electrons. The van der Waals surface area contributed by atoms with Crippen LogP contribution in [-0.4, -0.2) is 62.7 Å². The zero-order valence-electron chi connectivity index (χ0n) is 20.0. The summed E-state index contributed by atoms with van der Waals surface area (Å²) in [5.74, 6) is 1.86. The first-order chi connectivity index (χ1) is 15.4. The summed E-state index contributed by atoms with van der Waals surface area (Å²) in [6.45, 7) is 10.5. The van der Waals surface area contributed by atoms with Crippen molar-refractivity contribution in [1.29, 1.82) is 0 Å². The van der Waals surface area contributed by atoms with E-state index in [1.165, 1.54) is 0 Å². The van der Waals surface area contributed by atoms with Crippen molar-refractivity contribution in [1.82, 2.24) is 15.1 Å². The van der Waals surface area contributed by atoms with Crippen molar-refractivity contribution < 1.29 is 14.3 Å². The van der Waals surface area contributed by atoms with Crippen molar-refractivity contribution in [3.8, 4) is 11.5 Å². The topological polar surface area (TPSA) is 54.0 Å². The molecule has 174 valence electrons. The molecular weight excluding hydrogens is 402 g/mol. The number of carbonyl (C=O) groups excluding carboxylic acids is 1. The number of piperazine rings is 1. The fourth-order valence-electron chi connectivity index (χ4n) is 3.95. The molecule has 0 aliphatic carbocycles. The van der Waals surface area contributed by atoms with E-state index < -0.39 is 0 Å². The van der Waals surface area contributed by atoms with Crippen LogP contribution < -0.4 is 14.8 Å². The van der Waals surface area contributed by atoms with Gasteiger partial charge >= 0.3 is 0 Å². The molecule has 2 atom stereocenters. The molecule has 1 amide bonds. The summed E-state index contributed by atoms with van der Waals surface area (Å²) in [6, 6.07) is 15.5. The molecule has 2 aromatic carbocycles. The van der Waals surface area contributed by atoms with Crippen molar-refractivity contribution >= 4 is 5.91 Å². The highest BCUT2D eigenvalue weighted by atomic mass is 16.5. The Morgan fingerprint density at radius 3 is 2.28 bits per heavy atom. The van der Waals surface area contributed by atoms with E-state index >= 15 is 0 Å². The first-order valence-electron chi connectivity index (χ1n) is 11.5. The molecule has 1 heterocycles. The third kappa shape index (κ3) is 6.24. The molecule has 3 rings (SSSR count). The molecule has 6 nitrogen and oxygen atoms in total. The van der Waals surface area contributed by atoms with Gasteiger partial charge in [0.05, 0.1) is 19.8 Å². The molecule has 1 aliphatic heterocycles. The highest BCUT2D eigenvalue weighted by Crippen LogP contribution is 2.31. The molecule has 6 heteroatoms. The Morgan fingerprint density at radius 2 is 1.66 bits per heavy atom. The van der Waals surface area contributed by atoms with Crippen LogP contribution in [0.15, 0.2) is 48.5 Å². The van der Waals surface area contributed by atoms with Crippen LogP contribution in [0.2, 0.25) is 0 Å². The Morgan fingerprint density at radius 1 is 0.969 bits per heavy atom. The van der Waals surface area contributed by atoms with E-state index in [1.54, 1.807) is 7.11 Å². The van der Waals surface area contributed by atoms with Crippen LogP contribution in [0.25, 0.3) is 0 Å². The van der Waals surface area contributed by atoms with Crippen molar-refractivity contribution in [2.75, 3.05) is 46.9 Å². The van der Waals surface area contributed by atoms with Crippen LogP contribution in [0.3, 0.4) is 0 Å². The van der Waals surface area contributed by atoms with Gasteiger partial charge in [0.15, 0.2) is 11.5 Å². The van der Waals surface area contributed by atoms with Crippen molar-refractivity contribution in [3.63, 3.8) is 0 Å². The second-order valence-corrected chi connectivity index (χ2v) is 9.00. The first-order valence-corrected chi connectivity index (χ1v) is 11.5. The number of hydrogen-bond acceptors (Lipinski definition) is 5. The van der Waals surface area contributed by atoms with Gasteiger partial charge in [0.1, 0.15) is 6.04 Å². The van der Waals surface area contributed by atoms with E-state index in [4.69, 9.17) is 9.47 Å². The van der Waals surface area contributed by atoms with E-state index in [0.717, 1.165) is 43.1 Å². The maximum absolute atomic E-state index is 13.5. The van der Waals surface area contributed by atoms with Gasteiger partial charge in [-0.3, -0.25) is 9.69 Å². The van der Waals surface area contributed by atoms with Gasteiger partial charge in [-0.15, -0.1) is 0 Å². The third-order valence-electron chi connectivity index (χ3n) is 5.89. The fourth-order valence-corrected chi connectivity index (χ4v) is 3.95. The van der Waals surface area contributed by atoms with Crippen LogP contribution in [0, 0.1) is 5.92 Å². The van der Waals surface area contributed by atoms with E-state index in [-0.39, 0.29) is 18.0 Å². The van der Waals surface area contributed by atoms with Gasteiger partial charge in [0.2, 0.25) is 5.91 Å². The number of hydrogen-bond donors (Lipinski definition) is 1. The Kier molecular flexibility index (Phi) is 8.53. The molecule has 0 spiro atoms. The summed E-state index contributed by atoms with van der Waals surface area (Å²) in [5, 5.41) is 3.23. The Balaban J connectivity index is 1.75. The number of nitrogens with one attached hydrogen (secondary N) is 1. The molecule has 0 bridgehead atoms. The number of rotatable bonds is 9. The summed E-state index contributed by atoms with van der Waals surface area (Å²) in [7, 11) is 3.77. The predicted molar refractivity (Wildman–Crippen MR) is 128 cm³/mol. The summed E-state index contributed by atoms with van der Waals surface area (Å²) in [6.07, 6.45) is 0. The summed E-state index contributed by atoms with van der Waals surface area (Å²) < 4.78 is 11.4. The quantitative estimate of drug-likeness (QED) is 0.642. The van der Waals surface area contributed by atoms with Crippen molar-refractivity contribution in [3.05, 3.63) is 59.7 Å². The van der Waals surface area contributed by atoms with E-state index in [2.05, 4.69) is 36.0 Å². The number of amides is 1. The Hall–Kier alpha value is -2.57. The third-order valence-corrected chi connectivity index (χ3v) is 5.89. The maximum atomic E-state index is 13.5. The molecule has 2 unspecified atom stereocenters. The first kappa shape index (κ1) is 24.1. The number of ether oxygens (including phenoxy) is 2. The normalized spacial score (nSPS) is 17.1. The smallest absolute Gasteiger partial charge is 0.242 e. The van der Waals surface area contributed by atoms with Crippen molar-refractivity contribution in [2.45, 2.75) is 32.9 Å². The van der Waals surface area contributed by atoms with E-state index in [1.807, 2.05) is 55.5 Å². The van der Waals surface area contributed by atoms with Gasteiger partial charge in [0, 0.05) is 26.2 Å². The minimum Gasteiger partial charge on any atom is -0.493 e. The molecule has 1 fully saturated rings. The summed E-state index contributed by atoms with van der Waals surface area (Å²) in [4.78, 5) is 18.1. The van der Waals surface area contributed by atoms with E-state index in [0.29, 0.717) is 18.3 Å². The molecule has 1 saturated heterocycles. The lowest BCUT2D eigenvalue weighted by Crippen LogP contribution is -2.50. The second-order valence-electron chi connectivity index (χ2n) is 9.00. The largest absolute Gasteiger partial charge is 0.493 e. The predicted octanol–water partition coefficient (Wildman–Crippen LogP) is 3.90. The molecule has 0 saturated carbocycles. The van der Waals surface area contributed by atoms with Gasteiger partial charge < -0.3 is 19.7 Å². The molecule has 1 aliphatic rings. The number of carbonyl (C=O) groups is 1. The number of likely N-dealkylation sites (N-methyl/N-ethyl adjacent to an activating group) is 1. The average molecular weight is 440 g/mol. The van der Waals surface area contributed by atoms with Crippen molar-refractivity contribution in [2.24, 2.45) is 5.92 Å². The van der Waals surface area contributed by atoms with E-state index in [9.17, 15) is 4.79 Å². The Bertz CT molecular complexity index is 864. The molecule has 1 N–H and O–H groups in total. The van der Waals surface area contributed by atoms with Gasteiger partial charge in [-0.1, -0.05) is 50.2 Å². The van der Waals surface area contributed by atoms with Crippen LogP contribution in [0.1, 0.15) is 44.0 Å². The van der Waals surface area contributed by atoms with Gasteiger partial charge in [-0.05, 0) is 43.1 Å². The zero-order valence-corrected chi connectivity index (χ0v) is 20.0. The Labute approximate surface area is 192 Å². The molecule has 32 heavy (non-hydrogen) atoms. The summed E-state index contributed by atoms with van der Waals surface area (Å²) in [5.41, 5.74) is 2.01. The van der Waals surface area contributed by atoms with Crippen LogP contribution in [-0.2, 0) is 4.79 Å².